The average molecular weight is 476 g/mol. The van der Waals surface area contributed by atoms with Crippen molar-refractivity contribution in [3.63, 3.8) is 0 Å². The highest BCUT2D eigenvalue weighted by atomic mass is 32.2. The first-order chi connectivity index (χ1) is 14.0. The second-order valence-electron chi connectivity index (χ2n) is 6.01. The lowest BCUT2D eigenvalue weighted by molar-refractivity contribution is -0.192. The standard InChI is InChI=1S/C14H23N3O4S2.C2HF3O2/c1-21-11-10-17(23(19,20)14-3-2-12-22-14)7-4-13(18)16-8-5-15-6-9-16;3-2(4,5)1(6)7/h2-3,12,15H,4-11H2,1H3;(H,6,7). The minimum atomic E-state index is -5.08. The number of hydrogen-bond acceptors (Lipinski definition) is 7. The lowest BCUT2D eigenvalue weighted by Crippen LogP contribution is -2.47. The molecule has 1 aromatic heterocycles. The Morgan fingerprint density at radius 3 is 2.37 bits per heavy atom. The van der Waals surface area contributed by atoms with Crippen molar-refractivity contribution in [2.75, 3.05) is 53.0 Å². The minimum Gasteiger partial charge on any atom is -0.475 e. The minimum absolute atomic E-state index is 0.00436. The van der Waals surface area contributed by atoms with Gasteiger partial charge in [0.05, 0.1) is 6.61 Å². The number of ether oxygens (including phenoxy) is 1. The van der Waals surface area contributed by atoms with Crippen LogP contribution in [0.4, 0.5) is 13.2 Å². The molecule has 1 aromatic rings. The zero-order chi connectivity index (χ0) is 22.8. The van der Waals surface area contributed by atoms with Crippen LogP contribution < -0.4 is 5.32 Å². The van der Waals surface area contributed by atoms with E-state index in [1.807, 2.05) is 0 Å². The Labute approximate surface area is 176 Å². The smallest absolute Gasteiger partial charge is 0.475 e. The molecule has 0 atom stereocenters. The SMILES string of the molecule is COCCN(CCC(=O)N1CCNCC1)S(=O)(=O)c1cccs1.O=C(O)C(F)(F)F. The molecule has 30 heavy (non-hydrogen) atoms. The first-order valence-corrected chi connectivity index (χ1v) is 11.1. The fraction of sp³-hybridized carbons (Fsp3) is 0.625. The van der Waals surface area contributed by atoms with E-state index in [1.54, 1.807) is 22.4 Å². The summed E-state index contributed by atoms with van der Waals surface area (Å²) >= 11 is 1.18. The molecule has 1 fully saturated rings. The number of rotatable bonds is 8. The van der Waals surface area contributed by atoms with Crippen molar-refractivity contribution >= 4 is 33.2 Å². The molecule has 2 N–H and O–H groups in total. The van der Waals surface area contributed by atoms with E-state index in [0.717, 1.165) is 13.1 Å². The summed E-state index contributed by atoms with van der Waals surface area (Å²) in [5.74, 6) is -2.76. The number of carboxylic acids is 1. The molecule has 172 valence electrons. The molecule has 1 aliphatic heterocycles. The summed E-state index contributed by atoms with van der Waals surface area (Å²) in [5.41, 5.74) is 0. The second kappa shape index (κ2) is 12.2. The highest BCUT2D eigenvalue weighted by molar-refractivity contribution is 7.91. The Hall–Kier alpha value is -1.74. The molecule has 0 saturated carbocycles. The van der Waals surface area contributed by atoms with Gasteiger partial charge in [0.1, 0.15) is 4.21 Å². The van der Waals surface area contributed by atoms with E-state index in [9.17, 15) is 26.4 Å². The van der Waals surface area contributed by atoms with Gasteiger partial charge < -0.3 is 20.1 Å². The van der Waals surface area contributed by atoms with E-state index < -0.39 is 22.2 Å². The van der Waals surface area contributed by atoms with Gasteiger partial charge in [0.25, 0.3) is 10.0 Å². The van der Waals surface area contributed by atoms with E-state index in [1.165, 1.54) is 22.8 Å². The zero-order valence-corrected chi connectivity index (χ0v) is 17.9. The van der Waals surface area contributed by atoms with Crippen molar-refractivity contribution in [3.8, 4) is 0 Å². The van der Waals surface area contributed by atoms with Gasteiger partial charge in [-0.15, -0.1) is 11.3 Å². The number of piperazine rings is 1. The predicted molar refractivity (Wildman–Crippen MR) is 103 cm³/mol. The number of halogens is 3. The molecule has 0 spiro atoms. The second-order valence-corrected chi connectivity index (χ2v) is 9.13. The zero-order valence-electron chi connectivity index (χ0n) is 16.2. The molecule has 0 unspecified atom stereocenters. The van der Waals surface area contributed by atoms with Gasteiger partial charge in [-0.05, 0) is 11.4 Å². The number of hydrogen-bond donors (Lipinski definition) is 2. The molecule has 9 nitrogen and oxygen atoms in total. The van der Waals surface area contributed by atoms with Gasteiger partial charge in [0, 0.05) is 52.8 Å². The van der Waals surface area contributed by atoms with Crippen molar-refractivity contribution < 1.29 is 41.0 Å². The van der Waals surface area contributed by atoms with Crippen LogP contribution in [-0.4, -0.2) is 93.8 Å². The third kappa shape index (κ3) is 8.55. The van der Waals surface area contributed by atoms with Gasteiger partial charge in [-0.1, -0.05) is 6.07 Å². The molecular formula is C16H24F3N3O6S2. The van der Waals surface area contributed by atoms with Crippen LogP contribution in [0, 0.1) is 0 Å². The molecule has 1 saturated heterocycles. The van der Waals surface area contributed by atoms with Crippen LogP contribution in [0.2, 0.25) is 0 Å². The number of carboxylic acid groups (broad SMARTS) is 1. The summed E-state index contributed by atoms with van der Waals surface area (Å²) in [5, 5.41) is 12.0. The summed E-state index contributed by atoms with van der Waals surface area (Å²) < 4.78 is 63.6. The molecule has 0 aliphatic carbocycles. The maximum atomic E-state index is 12.6. The summed E-state index contributed by atoms with van der Waals surface area (Å²) in [6.07, 6.45) is -4.89. The number of thiophene rings is 1. The van der Waals surface area contributed by atoms with Gasteiger partial charge >= 0.3 is 12.1 Å². The normalized spacial score (nSPS) is 14.9. The van der Waals surface area contributed by atoms with Gasteiger partial charge in [-0.25, -0.2) is 13.2 Å². The summed E-state index contributed by atoms with van der Waals surface area (Å²) in [4.78, 5) is 22.9. The quantitative estimate of drug-likeness (QED) is 0.572. The van der Waals surface area contributed by atoms with Crippen molar-refractivity contribution in [2.45, 2.75) is 16.8 Å². The van der Waals surface area contributed by atoms with Gasteiger partial charge in [-0.2, -0.15) is 17.5 Å². The van der Waals surface area contributed by atoms with Crippen LogP contribution in [0.1, 0.15) is 6.42 Å². The number of amides is 1. The Morgan fingerprint density at radius 1 is 1.30 bits per heavy atom. The first kappa shape index (κ1) is 26.3. The van der Waals surface area contributed by atoms with Crippen LogP contribution in [-0.2, 0) is 24.3 Å². The molecule has 1 aliphatic rings. The van der Waals surface area contributed by atoms with E-state index in [4.69, 9.17) is 14.6 Å². The molecule has 2 rings (SSSR count). The van der Waals surface area contributed by atoms with Crippen LogP contribution in [0.25, 0.3) is 0 Å². The largest absolute Gasteiger partial charge is 0.490 e. The molecule has 2 heterocycles. The number of carbonyl (C=O) groups excluding carboxylic acids is 1. The lowest BCUT2D eigenvalue weighted by atomic mass is 10.3. The van der Waals surface area contributed by atoms with E-state index in [0.29, 0.717) is 23.9 Å². The number of carbonyl (C=O) groups is 2. The summed E-state index contributed by atoms with van der Waals surface area (Å²) in [6.45, 7) is 3.63. The van der Waals surface area contributed by atoms with Crippen LogP contribution in [0.15, 0.2) is 21.7 Å². The van der Waals surface area contributed by atoms with Crippen molar-refractivity contribution in [1.82, 2.24) is 14.5 Å². The maximum absolute atomic E-state index is 12.6. The van der Waals surface area contributed by atoms with Gasteiger partial charge in [-0.3, -0.25) is 4.79 Å². The van der Waals surface area contributed by atoms with Crippen LogP contribution in [0.5, 0.6) is 0 Å². The Balaban J connectivity index is 0.000000553. The first-order valence-electron chi connectivity index (χ1n) is 8.81. The van der Waals surface area contributed by atoms with Gasteiger partial charge in [0.15, 0.2) is 0 Å². The number of sulfonamides is 1. The number of alkyl halides is 3. The molecule has 1 amide bonds. The van der Waals surface area contributed by atoms with Crippen molar-refractivity contribution in [1.29, 1.82) is 0 Å². The molecule has 0 aromatic carbocycles. The van der Waals surface area contributed by atoms with Crippen molar-refractivity contribution in [3.05, 3.63) is 17.5 Å². The van der Waals surface area contributed by atoms with E-state index >= 15 is 0 Å². The number of nitrogens with zero attached hydrogens (tertiary/aromatic N) is 2. The lowest BCUT2D eigenvalue weighted by Gasteiger charge is -2.28. The number of aliphatic carboxylic acids is 1. The Morgan fingerprint density at radius 2 is 1.90 bits per heavy atom. The predicted octanol–water partition coefficient (Wildman–Crippen LogP) is 0.840. The third-order valence-corrected chi connectivity index (χ3v) is 7.19. The van der Waals surface area contributed by atoms with Crippen LogP contribution in [0.3, 0.4) is 0 Å². The monoisotopic (exact) mass is 475 g/mol. The molecule has 0 radical (unpaired) electrons. The summed E-state index contributed by atoms with van der Waals surface area (Å²) in [6, 6.07) is 3.29. The molecule has 14 heteroatoms. The summed E-state index contributed by atoms with van der Waals surface area (Å²) in [7, 11) is -2.04. The highest BCUT2D eigenvalue weighted by Crippen LogP contribution is 2.21. The third-order valence-electron chi connectivity index (χ3n) is 3.92. The van der Waals surface area contributed by atoms with Crippen LogP contribution >= 0.6 is 11.3 Å². The molecule has 0 bridgehead atoms. The fourth-order valence-electron chi connectivity index (χ4n) is 2.38. The van der Waals surface area contributed by atoms with E-state index in [2.05, 4.69) is 5.32 Å². The van der Waals surface area contributed by atoms with Crippen molar-refractivity contribution in [2.24, 2.45) is 0 Å². The number of nitrogens with one attached hydrogen (secondary N) is 1. The van der Waals surface area contributed by atoms with E-state index in [-0.39, 0.29) is 25.4 Å². The maximum Gasteiger partial charge on any atom is 0.490 e. The Kier molecular flexibility index (Phi) is 10.7. The topological polar surface area (TPSA) is 116 Å². The van der Waals surface area contributed by atoms with Gasteiger partial charge in [0.2, 0.25) is 5.91 Å². The average Bonchev–Trinajstić information content (AvgIpc) is 3.24. The molecular weight excluding hydrogens is 451 g/mol. The highest BCUT2D eigenvalue weighted by Gasteiger charge is 2.38. The fourth-order valence-corrected chi connectivity index (χ4v) is 4.94. The number of methoxy groups -OCH3 is 1. The Bertz CT molecular complexity index is 766.